The lowest BCUT2D eigenvalue weighted by molar-refractivity contribution is 0.0723. The van der Waals surface area contributed by atoms with Gasteiger partial charge < -0.3 is 10.2 Å². The Bertz CT molecular complexity index is 1220. The fourth-order valence-corrected chi connectivity index (χ4v) is 3.79. The Hall–Kier alpha value is -2.98. The highest BCUT2D eigenvalue weighted by molar-refractivity contribution is 9.10. The summed E-state index contributed by atoms with van der Waals surface area (Å²) < 4.78 is 1.46. The number of anilines is 1. The minimum Gasteiger partial charge on any atom is -0.372 e. The molecule has 0 atom stereocenters. The van der Waals surface area contributed by atoms with Crippen LogP contribution in [0.5, 0.6) is 0 Å². The Morgan fingerprint density at radius 3 is 2.55 bits per heavy atom. The molecule has 0 bridgehead atoms. The van der Waals surface area contributed by atoms with Crippen molar-refractivity contribution < 1.29 is 4.79 Å². The summed E-state index contributed by atoms with van der Waals surface area (Å²) in [5.74, 6) is 1.13. The second-order valence-electron chi connectivity index (χ2n) is 6.65. The molecule has 0 aliphatic carbocycles. The van der Waals surface area contributed by atoms with Crippen molar-refractivity contribution >= 4 is 54.5 Å². The lowest BCUT2D eigenvalue weighted by Crippen LogP contribution is -2.31. The molecule has 1 N–H and O–H groups in total. The summed E-state index contributed by atoms with van der Waals surface area (Å²) in [5.41, 5.74) is 2.00. The van der Waals surface area contributed by atoms with Gasteiger partial charge in [-0.2, -0.15) is 5.10 Å². The van der Waals surface area contributed by atoms with Crippen LogP contribution < -0.4 is 5.32 Å². The lowest BCUT2D eigenvalue weighted by atomic mass is 10.1. The van der Waals surface area contributed by atoms with Crippen molar-refractivity contribution in [1.82, 2.24) is 30.0 Å². The van der Waals surface area contributed by atoms with Crippen molar-refractivity contribution in [2.45, 2.75) is 13.1 Å². The van der Waals surface area contributed by atoms with Gasteiger partial charge in [0, 0.05) is 30.4 Å². The number of carbonyl (C=O) groups excluding carboxylic acids is 1. The van der Waals surface area contributed by atoms with E-state index in [1.54, 1.807) is 35.5 Å². The van der Waals surface area contributed by atoms with Crippen LogP contribution in [0.3, 0.4) is 0 Å². The topological polar surface area (TPSA) is 96.8 Å². The van der Waals surface area contributed by atoms with Gasteiger partial charge in [0.25, 0.3) is 5.91 Å². The van der Waals surface area contributed by atoms with E-state index in [1.807, 2.05) is 31.3 Å². The molecule has 1 aromatic carbocycles. The van der Waals surface area contributed by atoms with Crippen molar-refractivity contribution in [3.63, 3.8) is 0 Å². The van der Waals surface area contributed by atoms with E-state index in [9.17, 15) is 4.79 Å². The van der Waals surface area contributed by atoms with Gasteiger partial charge in [0.05, 0.1) is 28.8 Å². The number of nitrogens with one attached hydrogen (secondary N) is 1. The summed E-state index contributed by atoms with van der Waals surface area (Å²) in [6.07, 6.45) is 3.31. The van der Waals surface area contributed by atoms with Crippen LogP contribution >= 0.6 is 31.9 Å². The fraction of sp³-hybridized carbons (Fsp3) is 0.143. The van der Waals surface area contributed by atoms with E-state index in [4.69, 9.17) is 0 Å². The Labute approximate surface area is 195 Å². The fourth-order valence-electron chi connectivity index (χ4n) is 3.05. The Morgan fingerprint density at radius 1 is 1.03 bits per heavy atom. The first kappa shape index (κ1) is 21.3. The summed E-state index contributed by atoms with van der Waals surface area (Å²) in [5, 5.41) is 12.1. The van der Waals surface area contributed by atoms with Gasteiger partial charge in [-0.1, -0.05) is 0 Å². The van der Waals surface area contributed by atoms with Crippen molar-refractivity contribution in [1.29, 1.82) is 0 Å². The molecule has 0 aliphatic heterocycles. The highest BCUT2D eigenvalue weighted by Crippen LogP contribution is 2.26. The van der Waals surface area contributed by atoms with E-state index < -0.39 is 0 Å². The van der Waals surface area contributed by atoms with Crippen LogP contribution in [-0.4, -0.2) is 43.0 Å². The number of aromatic nitrogens is 5. The minimum atomic E-state index is -0.159. The third kappa shape index (κ3) is 5.02. The van der Waals surface area contributed by atoms with Crippen LogP contribution in [0.2, 0.25) is 0 Å². The van der Waals surface area contributed by atoms with Crippen molar-refractivity contribution in [2.75, 3.05) is 12.4 Å². The smallest absolute Gasteiger partial charge is 0.254 e. The Balaban J connectivity index is 1.67. The molecule has 0 spiro atoms. The quantitative estimate of drug-likeness (QED) is 0.389. The number of hydrogen-bond donors (Lipinski definition) is 1. The van der Waals surface area contributed by atoms with Gasteiger partial charge in [-0.3, -0.25) is 4.79 Å². The van der Waals surface area contributed by atoms with Crippen molar-refractivity contribution in [3.05, 3.63) is 81.0 Å². The van der Waals surface area contributed by atoms with Crippen LogP contribution in [0, 0.1) is 0 Å². The lowest BCUT2D eigenvalue weighted by Gasteiger charge is -2.22. The van der Waals surface area contributed by atoms with Gasteiger partial charge >= 0.3 is 0 Å². The molecule has 4 aromatic rings. The minimum absolute atomic E-state index is 0.159. The SMILES string of the molecule is CNc1nc2ccc(C(=O)N(Cc3ccc(Br)nn3)Cc3ncccn3)cc2cc1Br. The molecule has 10 heteroatoms. The third-order valence-electron chi connectivity index (χ3n) is 4.53. The van der Waals surface area contributed by atoms with Crippen molar-refractivity contribution in [2.24, 2.45) is 0 Å². The van der Waals surface area contributed by atoms with E-state index in [0.717, 1.165) is 21.2 Å². The Kier molecular flexibility index (Phi) is 6.47. The summed E-state index contributed by atoms with van der Waals surface area (Å²) >= 11 is 6.79. The van der Waals surface area contributed by atoms with Crippen LogP contribution in [0.15, 0.2) is 63.9 Å². The number of carbonyl (C=O) groups is 1. The molecule has 0 aliphatic rings. The first-order valence-corrected chi connectivity index (χ1v) is 10.9. The summed E-state index contributed by atoms with van der Waals surface area (Å²) in [7, 11) is 1.81. The van der Waals surface area contributed by atoms with Crippen LogP contribution in [-0.2, 0) is 13.1 Å². The van der Waals surface area contributed by atoms with Crippen LogP contribution in [0.1, 0.15) is 21.9 Å². The zero-order valence-corrected chi connectivity index (χ0v) is 19.6. The third-order valence-corrected chi connectivity index (χ3v) is 5.56. The normalized spacial score (nSPS) is 10.8. The second-order valence-corrected chi connectivity index (χ2v) is 8.32. The highest BCUT2D eigenvalue weighted by atomic mass is 79.9. The van der Waals surface area contributed by atoms with E-state index in [1.165, 1.54) is 0 Å². The summed E-state index contributed by atoms with van der Waals surface area (Å²) in [4.78, 5) is 28.2. The molecule has 31 heavy (non-hydrogen) atoms. The summed E-state index contributed by atoms with van der Waals surface area (Å²) in [6.45, 7) is 0.520. The first-order valence-electron chi connectivity index (χ1n) is 9.35. The number of hydrogen-bond acceptors (Lipinski definition) is 7. The summed E-state index contributed by atoms with van der Waals surface area (Å²) in [6, 6.07) is 12.7. The van der Waals surface area contributed by atoms with Gasteiger partial charge in [0.2, 0.25) is 0 Å². The predicted molar refractivity (Wildman–Crippen MR) is 124 cm³/mol. The first-order chi connectivity index (χ1) is 15.0. The van der Waals surface area contributed by atoms with Gasteiger partial charge in [0.15, 0.2) is 0 Å². The number of halogens is 2. The average Bonchev–Trinajstić information content (AvgIpc) is 2.79. The van der Waals surface area contributed by atoms with E-state index in [0.29, 0.717) is 21.7 Å². The maximum absolute atomic E-state index is 13.4. The molecule has 4 rings (SSSR count). The molecule has 0 fully saturated rings. The number of amides is 1. The molecular weight excluding hydrogens is 526 g/mol. The number of benzene rings is 1. The molecule has 0 saturated heterocycles. The standard InChI is InChI=1S/C21H17Br2N7O/c1-24-20-16(22)10-14-9-13(3-5-17(14)27-20)21(31)30(12-19-25-7-2-8-26-19)11-15-4-6-18(23)29-28-15/h2-10H,11-12H2,1H3,(H,24,27). The maximum atomic E-state index is 13.4. The Morgan fingerprint density at radius 2 is 1.84 bits per heavy atom. The van der Waals surface area contributed by atoms with Crippen LogP contribution in [0.25, 0.3) is 10.9 Å². The maximum Gasteiger partial charge on any atom is 0.254 e. The van der Waals surface area contributed by atoms with Crippen LogP contribution in [0.4, 0.5) is 5.82 Å². The molecule has 0 unspecified atom stereocenters. The predicted octanol–water partition coefficient (Wildman–Crippen LogP) is 4.22. The average molecular weight is 543 g/mol. The van der Waals surface area contributed by atoms with E-state index in [-0.39, 0.29) is 19.0 Å². The molecule has 8 nitrogen and oxygen atoms in total. The molecular formula is C21H17Br2N7O. The van der Waals surface area contributed by atoms with Gasteiger partial charge in [0.1, 0.15) is 16.2 Å². The largest absolute Gasteiger partial charge is 0.372 e. The van der Waals surface area contributed by atoms with Crippen molar-refractivity contribution in [3.8, 4) is 0 Å². The van der Waals surface area contributed by atoms with Gasteiger partial charge in [-0.15, -0.1) is 5.10 Å². The molecule has 1 amide bonds. The molecule has 0 saturated carbocycles. The number of fused-ring (bicyclic) bond motifs is 1. The van der Waals surface area contributed by atoms with E-state index >= 15 is 0 Å². The zero-order valence-electron chi connectivity index (χ0n) is 16.5. The second kappa shape index (κ2) is 9.44. The highest BCUT2D eigenvalue weighted by Gasteiger charge is 2.19. The molecule has 156 valence electrons. The molecule has 3 aromatic heterocycles. The molecule has 3 heterocycles. The van der Waals surface area contributed by atoms with Gasteiger partial charge in [-0.05, 0) is 74.3 Å². The number of pyridine rings is 1. The zero-order chi connectivity index (χ0) is 21.8. The van der Waals surface area contributed by atoms with E-state index in [2.05, 4.69) is 62.3 Å². The monoisotopic (exact) mass is 541 g/mol. The molecule has 0 radical (unpaired) electrons. The number of nitrogens with zero attached hydrogens (tertiary/aromatic N) is 6. The van der Waals surface area contributed by atoms with Gasteiger partial charge in [-0.25, -0.2) is 15.0 Å². The number of rotatable bonds is 6.